The van der Waals surface area contributed by atoms with Crippen LogP contribution in [0.15, 0.2) is 0 Å². The van der Waals surface area contributed by atoms with E-state index in [1.165, 1.54) is 13.8 Å². The van der Waals surface area contributed by atoms with Crippen LogP contribution in [0, 0.1) is 0 Å². The first-order valence-corrected chi connectivity index (χ1v) is 27.4. The van der Waals surface area contributed by atoms with E-state index >= 15 is 0 Å². The molecule has 7 saturated heterocycles. The smallest absolute Gasteiger partial charge is 0.397 e. The summed E-state index contributed by atoms with van der Waals surface area (Å²) in [5, 5.41) is 210. The molecule has 0 spiro atoms. The van der Waals surface area contributed by atoms with Crippen LogP contribution in [0.4, 0.5) is 0 Å². The van der Waals surface area contributed by atoms with E-state index in [0.717, 1.165) is 6.92 Å². The van der Waals surface area contributed by atoms with E-state index in [-0.39, 0.29) is 0 Å². The first-order valence-electron chi connectivity index (χ1n) is 26.0. The van der Waals surface area contributed by atoms with Gasteiger partial charge in [0.05, 0.1) is 38.6 Å². The first kappa shape index (κ1) is 69.1. The van der Waals surface area contributed by atoms with E-state index in [2.05, 4.69) is 9.50 Å². The van der Waals surface area contributed by atoms with Crippen LogP contribution in [0.5, 0.6) is 0 Å². The molecule has 7 aliphatic rings. The van der Waals surface area contributed by atoms with Gasteiger partial charge in [-0.05, 0) is 13.8 Å². The number of nitrogens with one attached hydrogen (secondary N) is 1. The van der Waals surface area contributed by atoms with Crippen LogP contribution in [0.3, 0.4) is 0 Å². The molecule has 0 aliphatic carbocycles. The SMILES string of the molecule is CC(=O)N[C@@H]1[C@@H](O[C@@H]2O[C@H](CO)[C@H](O[C@@H]3O[C@H](CO)[C@H](O[C@@H]4O[C@H](CO)[C@H](O)[C@H](O)[C@H]4O[C@@H]4O[C@@H](C)[C@@H](O)[C@@H](O)[C@@H]4O)[C@H](O[C@@H]4O[C@H](C(=O)O)[C@@H](O)[C@H](OS(=O)(=O)O)[C@H]4O)[C@H]3O)[C@H](O)[C@H]2O[C@@H]2O[C@@H](C)[C@@H](O)[C@@H](O)[C@@H]2O)[C@@H](O)[C@@H](CO)O[C@H]1O. The van der Waals surface area contributed by atoms with Crippen LogP contribution >= 0.6 is 0 Å². The molecule has 40 heteroatoms. The van der Waals surface area contributed by atoms with Gasteiger partial charge >= 0.3 is 16.4 Å². The molecule has 0 radical (unpaired) electrons. The van der Waals surface area contributed by atoms with E-state index in [1.807, 2.05) is 0 Å². The van der Waals surface area contributed by atoms with Crippen molar-refractivity contribution in [3.8, 4) is 0 Å². The van der Waals surface area contributed by atoms with Gasteiger partial charge in [-0.2, -0.15) is 8.42 Å². The zero-order valence-corrected chi connectivity index (χ0v) is 45.1. The van der Waals surface area contributed by atoms with Gasteiger partial charge < -0.3 is 164 Å². The Morgan fingerprint density at radius 1 is 0.405 bits per heavy atom. The highest BCUT2D eigenvalue weighted by Gasteiger charge is 2.60. The second-order valence-electron chi connectivity index (χ2n) is 20.8. The monoisotopic (exact) mass is 1260 g/mol. The van der Waals surface area contributed by atoms with Crippen LogP contribution in [-0.4, -0.2) is 363 Å². The Hall–Kier alpha value is -2.43. The van der Waals surface area contributed by atoms with E-state index in [9.17, 15) is 120 Å². The number of hydrogen-bond donors (Lipinski definition) is 21. The van der Waals surface area contributed by atoms with Gasteiger partial charge in [0.1, 0.15) is 153 Å². The Labute approximate surface area is 474 Å². The fourth-order valence-corrected chi connectivity index (χ4v) is 11.0. The zero-order chi connectivity index (χ0) is 62.3. The molecule has 7 rings (SSSR count). The minimum atomic E-state index is -5.69. The van der Waals surface area contributed by atoms with Gasteiger partial charge in [-0.25, -0.2) is 8.98 Å². The number of aliphatic hydroxyl groups is 18. The Morgan fingerprint density at radius 2 is 0.810 bits per heavy atom. The molecular weight excluding hydrogens is 1180 g/mol. The summed E-state index contributed by atoms with van der Waals surface area (Å²) >= 11 is 0. The quantitative estimate of drug-likeness (QED) is 0.0503. The van der Waals surface area contributed by atoms with Crippen molar-refractivity contribution in [2.24, 2.45) is 0 Å². The van der Waals surface area contributed by atoms with Crippen LogP contribution in [0.25, 0.3) is 0 Å². The van der Waals surface area contributed by atoms with Gasteiger partial charge in [-0.1, -0.05) is 0 Å². The molecule has 0 aromatic rings. The topological polar surface area (TPSA) is 614 Å². The maximum atomic E-state index is 12.4. The van der Waals surface area contributed by atoms with Crippen molar-refractivity contribution in [2.45, 2.75) is 236 Å². The number of carboxylic acids is 1. The third kappa shape index (κ3) is 14.7. The van der Waals surface area contributed by atoms with E-state index in [0.29, 0.717) is 0 Å². The summed E-state index contributed by atoms with van der Waals surface area (Å²) in [7, 11) is -5.69. The van der Waals surface area contributed by atoms with Crippen LogP contribution < -0.4 is 5.32 Å². The number of rotatable bonds is 20. The normalized spacial score (nSPS) is 50.6. The van der Waals surface area contributed by atoms with Crippen LogP contribution in [0.1, 0.15) is 20.8 Å². The largest absolute Gasteiger partial charge is 0.479 e. The second kappa shape index (κ2) is 28.6. The van der Waals surface area contributed by atoms with E-state index in [4.69, 9.17) is 61.6 Å². The number of carbonyl (C=O) groups is 2. The van der Waals surface area contributed by atoms with Crippen LogP contribution in [0.2, 0.25) is 0 Å². The molecular formula is C44H73NO38S. The molecule has 0 aromatic heterocycles. The van der Waals surface area contributed by atoms with Gasteiger partial charge in [0, 0.05) is 6.92 Å². The molecule has 84 heavy (non-hydrogen) atoms. The number of amides is 1. The lowest BCUT2D eigenvalue weighted by atomic mass is 9.94. The van der Waals surface area contributed by atoms with Gasteiger partial charge in [-0.15, -0.1) is 0 Å². The highest BCUT2D eigenvalue weighted by Crippen LogP contribution is 2.40. The highest BCUT2D eigenvalue weighted by atomic mass is 32.3. The molecule has 0 aromatic carbocycles. The third-order valence-electron chi connectivity index (χ3n) is 15.0. The molecule has 488 valence electrons. The molecule has 0 bridgehead atoms. The number of carboxylic acid groups (broad SMARTS) is 1. The van der Waals surface area contributed by atoms with Gasteiger partial charge in [0.25, 0.3) is 0 Å². The van der Waals surface area contributed by atoms with E-state index < -0.39 is 264 Å². The number of carbonyl (C=O) groups excluding carboxylic acids is 1. The summed E-state index contributed by atoms with van der Waals surface area (Å²) in [6.45, 7) is -1.19. The molecule has 1 amide bonds. The minimum absolute atomic E-state index is 0.835. The number of aliphatic hydroxyl groups excluding tert-OH is 18. The lowest BCUT2D eigenvalue weighted by molar-refractivity contribution is -0.414. The maximum absolute atomic E-state index is 12.4. The number of hydrogen-bond acceptors (Lipinski definition) is 36. The Balaban J connectivity index is 1.27. The molecule has 21 N–H and O–H groups in total. The van der Waals surface area contributed by atoms with Gasteiger partial charge in [-0.3, -0.25) is 9.35 Å². The summed E-state index contributed by atoms with van der Waals surface area (Å²) in [5.41, 5.74) is 0. The van der Waals surface area contributed by atoms with Crippen molar-refractivity contribution in [2.75, 3.05) is 26.4 Å². The van der Waals surface area contributed by atoms with Crippen molar-refractivity contribution < 1.29 is 185 Å². The van der Waals surface area contributed by atoms with Crippen molar-refractivity contribution >= 4 is 22.3 Å². The van der Waals surface area contributed by atoms with Crippen molar-refractivity contribution in [3.05, 3.63) is 0 Å². The van der Waals surface area contributed by atoms with Crippen molar-refractivity contribution in [1.29, 1.82) is 0 Å². The van der Waals surface area contributed by atoms with Crippen molar-refractivity contribution in [3.63, 3.8) is 0 Å². The first-order chi connectivity index (χ1) is 39.4. The number of ether oxygens (including phenoxy) is 13. The standard InChI is InChI=1S/C44H73NO38S/c1-8-16(51)20(55)23(58)39(70-8)81-35-22(57)18(53)11(4-46)73-43(35)77-30-14(7-49)74-41(28(63)33(30)79-42-27(62)32(83-84(67,68)69)26(61)34(80-42)37(64)65)76-29-13(6-48)75-44(36(25(29)60)82-40-24(59)21(56)17(52)9(2)71-40)78-31-15(45-10(3)50)38(66)72-12(5-47)19(31)54/h8-9,11-36,38-44,46-49,51-63,66H,4-7H2,1-3H3,(H,45,50)(H,64,65)(H,67,68,69)/t8-,9-,11+,12+,13+,14+,15+,16+,17+,18-,19-,20+,21+,22-,23-,24-,25-,26-,27+,28+,29-,30-,31+,32-,33+,34-,35+,36+,38+,39-,40-,41-,42+,43-,44-/m0/s1. The Kier molecular flexibility index (Phi) is 23.5. The fraction of sp³-hybridized carbons (Fsp3) is 0.955. The summed E-state index contributed by atoms with van der Waals surface area (Å²) in [6, 6.07) is -1.72. The second-order valence-corrected chi connectivity index (χ2v) is 21.9. The lowest BCUT2D eigenvalue weighted by Gasteiger charge is -2.52. The minimum Gasteiger partial charge on any atom is -0.479 e. The Morgan fingerprint density at radius 3 is 1.31 bits per heavy atom. The lowest BCUT2D eigenvalue weighted by Crippen LogP contribution is -2.70. The molecule has 7 aliphatic heterocycles. The van der Waals surface area contributed by atoms with Crippen LogP contribution in [-0.2, 0) is 85.8 Å². The average molecular weight is 1260 g/mol. The van der Waals surface area contributed by atoms with Crippen molar-refractivity contribution in [1.82, 2.24) is 5.32 Å². The predicted octanol–water partition coefficient (Wildman–Crippen LogP) is -14.2. The summed E-state index contributed by atoms with van der Waals surface area (Å²) < 4.78 is 113. The summed E-state index contributed by atoms with van der Waals surface area (Å²) in [5.74, 6) is -2.93. The maximum Gasteiger partial charge on any atom is 0.397 e. The summed E-state index contributed by atoms with van der Waals surface area (Å²) in [6.07, 6.45) is -73.0. The zero-order valence-electron chi connectivity index (χ0n) is 44.2. The average Bonchev–Trinajstić information content (AvgIpc) is 1.32. The fourth-order valence-electron chi connectivity index (χ4n) is 10.5. The Bertz CT molecular complexity index is 2250. The molecule has 39 nitrogen and oxygen atoms in total. The molecule has 35 atom stereocenters. The summed E-state index contributed by atoms with van der Waals surface area (Å²) in [4.78, 5) is 24.7. The molecule has 0 unspecified atom stereocenters. The highest BCUT2D eigenvalue weighted by molar-refractivity contribution is 7.80. The third-order valence-corrected chi connectivity index (χ3v) is 15.5. The molecule has 7 heterocycles. The molecule has 7 fully saturated rings. The predicted molar refractivity (Wildman–Crippen MR) is 252 cm³/mol. The number of aliphatic carboxylic acids is 1. The molecule has 0 saturated carbocycles. The van der Waals surface area contributed by atoms with Gasteiger partial charge in [0.15, 0.2) is 50.1 Å². The van der Waals surface area contributed by atoms with Gasteiger partial charge in [0.2, 0.25) is 5.91 Å². The van der Waals surface area contributed by atoms with E-state index in [1.54, 1.807) is 0 Å².